The van der Waals surface area contributed by atoms with Crippen molar-refractivity contribution in [3.05, 3.63) is 36.0 Å². The summed E-state index contributed by atoms with van der Waals surface area (Å²) in [6.45, 7) is 0.708. The van der Waals surface area contributed by atoms with Gasteiger partial charge in [-0.05, 0) is 37.8 Å². The number of para-hydroxylation sites is 1. The smallest absolute Gasteiger partial charge is 0.270 e. The monoisotopic (exact) mass is 385 g/mol. The fourth-order valence-electron chi connectivity index (χ4n) is 4.81. The quantitative estimate of drug-likeness (QED) is 0.826. The number of nitrogens with one attached hydrogen (secondary N) is 2. The summed E-state index contributed by atoms with van der Waals surface area (Å²) in [4.78, 5) is 30.4. The van der Waals surface area contributed by atoms with E-state index in [1.54, 1.807) is 7.11 Å². The molecule has 150 valence electrons. The number of ether oxygens (including phenoxy) is 2. The highest BCUT2D eigenvalue weighted by Crippen LogP contribution is 2.43. The number of H-pyrrole nitrogens is 1. The molecule has 2 heterocycles. The third-order valence-corrected chi connectivity index (χ3v) is 6.25. The van der Waals surface area contributed by atoms with Gasteiger partial charge in [0, 0.05) is 37.7 Å². The van der Waals surface area contributed by atoms with Gasteiger partial charge >= 0.3 is 0 Å². The van der Waals surface area contributed by atoms with Crippen LogP contribution in [0.25, 0.3) is 10.9 Å². The minimum atomic E-state index is -0.329. The molecule has 7 nitrogen and oxygen atoms in total. The molecule has 2 N–H and O–H groups in total. The van der Waals surface area contributed by atoms with Crippen LogP contribution in [-0.4, -0.2) is 66.8 Å². The summed E-state index contributed by atoms with van der Waals surface area (Å²) in [5.41, 5.74) is 1.22. The van der Waals surface area contributed by atoms with Crippen LogP contribution in [-0.2, 0) is 14.3 Å². The number of hydrogen-bond acceptors (Lipinski definition) is 4. The molecule has 3 atom stereocenters. The van der Waals surface area contributed by atoms with Gasteiger partial charge in [-0.1, -0.05) is 18.2 Å². The topological polar surface area (TPSA) is 83.7 Å². The molecule has 4 rings (SSSR count). The average molecular weight is 385 g/mol. The largest absolute Gasteiger partial charge is 0.376 e. The summed E-state index contributed by atoms with van der Waals surface area (Å²) < 4.78 is 10.9. The van der Waals surface area contributed by atoms with Crippen LogP contribution < -0.4 is 5.32 Å². The molecule has 1 aromatic heterocycles. The molecule has 1 aliphatic carbocycles. The van der Waals surface area contributed by atoms with Crippen molar-refractivity contribution in [2.24, 2.45) is 0 Å². The van der Waals surface area contributed by atoms with Gasteiger partial charge in [-0.25, -0.2) is 0 Å². The predicted molar refractivity (Wildman–Crippen MR) is 105 cm³/mol. The van der Waals surface area contributed by atoms with Crippen LogP contribution in [0.1, 0.15) is 36.2 Å². The number of likely N-dealkylation sites (tertiary alicyclic amines) is 1. The van der Waals surface area contributed by atoms with Crippen LogP contribution in [0.15, 0.2) is 30.3 Å². The van der Waals surface area contributed by atoms with E-state index in [0.29, 0.717) is 18.7 Å². The highest BCUT2D eigenvalue weighted by Gasteiger charge is 2.52. The van der Waals surface area contributed by atoms with Crippen molar-refractivity contribution in [2.45, 2.75) is 43.4 Å². The molecular weight excluding hydrogens is 358 g/mol. The Balaban J connectivity index is 1.55. The standard InChI is InChI=1S/C21H27N3O4/c1-27-13-19(25)22-15-7-8-21(28-2)9-10-24(18(21)12-15)20(26)17-11-14-5-3-4-6-16(14)23-17/h3-6,11,15,18,23H,7-10,12-13H2,1-2H3,(H,22,25)/t15?,18?,21-/m1/s1. The van der Waals surface area contributed by atoms with Crippen LogP contribution in [0.2, 0.25) is 0 Å². The van der Waals surface area contributed by atoms with E-state index in [4.69, 9.17) is 9.47 Å². The number of benzene rings is 1. The summed E-state index contributed by atoms with van der Waals surface area (Å²) >= 11 is 0. The van der Waals surface area contributed by atoms with Crippen LogP contribution in [0.5, 0.6) is 0 Å². The van der Waals surface area contributed by atoms with Gasteiger partial charge in [-0.2, -0.15) is 0 Å². The first-order chi connectivity index (χ1) is 13.6. The van der Waals surface area contributed by atoms with Crippen molar-refractivity contribution in [1.29, 1.82) is 0 Å². The molecule has 28 heavy (non-hydrogen) atoms. The van der Waals surface area contributed by atoms with Crippen LogP contribution in [0.4, 0.5) is 0 Å². The lowest BCUT2D eigenvalue weighted by Crippen LogP contribution is -2.56. The SMILES string of the molecule is COCC(=O)NC1CC[C@@]2(OC)CCN(C(=O)c3cc4ccccc4[nH]3)C2C1. The number of rotatable bonds is 5. The van der Waals surface area contributed by atoms with Crippen molar-refractivity contribution in [2.75, 3.05) is 27.4 Å². The molecule has 2 fully saturated rings. The van der Waals surface area contributed by atoms with Crippen LogP contribution in [0, 0.1) is 0 Å². The van der Waals surface area contributed by atoms with E-state index < -0.39 is 0 Å². The summed E-state index contributed by atoms with van der Waals surface area (Å²) in [5.74, 6) is -0.132. The maximum Gasteiger partial charge on any atom is 0.270 e. The van der Waals surface area contributed by atoms with Gasteiger partial charge in [0.1, 0.15) is 12.3 Å². The molecule has 1 aromatic carbocycles. The lowest BCUT2D eigenvalue weighted by molar-refractivity contribution is -0.126. The zero-order valence-electron chi connectivity index (χ0n) is 16.4. The van der Waals surface area contributed by atoms with Gasteiger partial charge in [0.2, 0.25) is 5.91 Å². The molecular formula is C21H27N3O4. The number of nitrogens with zero attached hydrogens (tertiary/aromatic N) is 1. The first-order valence-electron chi connectivity index (χ1n) is 9.78. The van der Waals surface area contributed by atoms with Gasteiger partial charge in [0.05, 0.1) is 11.6 Å². The molecule has 1 saturated heterocycles. The van der Waals surface area contributed by atoms with Crippen LogP contribution in [0.3, 0.4) is 0 Å². The van der Waals surface area contributed by atoms with Crippen molar-refractivity contribution >= 4 is 22.7 Å². The average Bonchev–Trinajstić information content (AvgIpc) is 3.29. The van der Waals surface area contributed by atoms with E-state index in [0.717, 1.165) is 30.2 Å². The van der Waals surface area contributed by atoms with E-state index in [-0.39, 0.29) is 36.1 Å². The highest BCUT2D eigenvalue weighted by molar-refractivity contribution is 5.98. The first-order valence-corrected chi connectivity index (χ1v) is 9.78. The molecule has 0 radical (unpaired) electrons. The number of aromatic nitrogens is 1. The summed E-state index contributed by atoms with van der Waals surface area (Å²) in [6, 6.07) is 9.75. The Morgan fingerprint density at radius 3 is 2.86 bits per heavy atom. The molecule has 2 amide bonds. The Kier molecular flexibility index (Phi) is 5.12. The summed E-state index contributed by atoms with van der Waals surface area (Å²) in [6.07, 6.45) is 3.17. The fraction of sp³-hybridized carbons (Fsp3) is 0.524. The molecule has 2 aromatic rings. The second-order valence-electron chi connectivity index (χ2n) is 7.78. The van der Waals surface area contributed by atoms with Crippen molar-refractivity contribution < 1.29 is 19.1 Å². The third kappa shape index (κ3) is 3.29. The fourth-order valence-corrected chi connectivity index (χ4v) is 4.81. The second-order valence-corrected chi connectivity index (χ2v) is 7.78. The van der Waals surface area contributed by atoms with E-state index in [1.807, 2.05) is 35.2 Å². The molecule has 2 unspecified atom stereocenters. The molecule has 2 aliphatic rings. The Morgan fingerprint density at radius 1 is 1.29 bits per heavy atom. The number of aromatic amines is 1. The molecule has 0 spiro atoms. The zero-order valence-corrected chi connectivity index (χ0v) is 16.4. The van der Waals surface area contributed by atoms with E-state index in [1.165, 1.54) is 7.11 Å². The minimum absolute atomic E-state index is 0.0102. The summed E-state index contributed by atoms with van der Waals surface area (Å²) in [7, 11) is 3.24. The van der Waals surface area contributed by atoms with E-state index in [2.05, 4.69) is 10.3 Å². The number of amides is 2. The molecule has 0 bridgehead atoms. The Hall–Kier alpha value is -2.38. The van der Waals surface area contributed by atoms with Crippen molar-refractivity contribution in [3.63, 3.8) is 0 Å². The van der Waals surface area contributed by atoms with Crippen molar-refractivity contribution in [3.8, 4) is 0 Å². The van der Waals surface area contributed by atoms with Crippen molar-refractivity contribution in [1.82, 2.24) is 15.2 Å². The predicted octanol–water partition coefficient (Wildman–Crippen LogP) is 2.08. The van der Waals surface area contributed by atoms with Gasteiger partial charge < -0.3 is 24.7 Å². The zero-order chi connectivity index (χ0) is 19.7. The number of carbonyl (C=O) groups excluding carboxylic acids is 2. The van der Waals surface area contributed by atoms with Gasteiger partial charge in [-0.15, -0.1) is 0 Å². The normalized spacial score (nSPS) is 27.0. The Labute approximate surface area is 164 Å². The highest BCUT2D eigenvalue weighted by atomic mass is 16.5. The van der Waals surface area contributed by atoms with Crippen LogP contribution >= 0.6 is 0 Å². The number of carbonyl (C=O) groups is 2. The Morgan fingerprint density at radius 2 is 2.11 bits per heavy atom. The Bertz CT molecular complexity index is 846. The second kappa shape index (κ2) is 7.56. The van der Waals surface area contributed by atoms with Gasteiger partial charge in [-0.3, -0.25) is 9.59 Å². The molecule has 1 aliphatic heterocycles. The van der Waals surface area contributed by atoms with Gasteiger partial charge in [0.15, 0.2) is 0 Å². The lowest BCUT2D eigenvalue weighted by Gasteiger charge is -2.43. The minimum Gasteiger partial charge on any atom is -0.376 e. The number of fused-ring (bicyclic) bond motifs is 2. The third-order valence-electron chi connectivity index (χ3n) is 6.25. The molecule has 7 heteroatoms. The maximum atomic E-state index is 13.3. The number of hydrogen-bond donors (Lipinski definition) is 2. The summed E-state index contributed by atoms with van der Waals surface area (Å²) in [5, 5.41) is 4.05. The van der Waals surface area contributed by atoms with E-state index in [9.17, 15) is 9.59 Å². The maximum absolute atomic E-state index is 13.3. The first kappa shape index (κ1) is 19.0. The molecule has 1 saturated carbocycles. The lowest BCUT2D eigenvalue weighted by atomic mass is 9.78. The number of methoxy groups -OCH3 is 2. The van der Waals surface area contributed by atoms with Gasteiger partial charge in [0.25, 0.3) is 5.91 Å². The van der Waals surface area contributed by atoms with E-state index >= 15 is 0 Å².